The van der Waals surface area contributed by atoms with Gasteiger partial charge >= 0.3 is 0 Å². The number of carbonyl (C=O) groups is 1. The fourth-order valence-corrected chi connectivity index (χ4v) is 4.97. The number of rotatable bonds is 7. The molecule has 3 rings (SSSR count). The summed E-state index contributed by atoms with van der Waals surface area (Å²) in [4.78, 5) is 17.6. The Hall–Kier alpha value is -2.05. The molecule has 1 saturated heterocycles. The number of ether oxygens (including phenoxy) is 1. The monoisotopic (exact) mass is 402 g/mol. The van der Waals surface area contributed by atoms with Crippen LogP contribution in [0.15, 0.2) is 41.8 Å². The van der Waals surface area contributed by atoms with Gasteiger partial charge in [-0.3, -0.25) is 4.79 Å². The third-order valence-corrected chi connectivity index (χ3v) is 6.47. The zero-order chi connectivity index (χ0) is 20.1. The van der Waals surface area contributed by atoms with E-state index in [2.05, 4.69) is 46.8 Å². The van der Waals surface area contributed by atoms with Crippen LogP contribution in [0.4, 0.5) is 5.69 Å². The lowest BCUT2D eigenvalue weighted by Gasteiger charge is -2.39. The van der Waals surface area contributed by atoms with E-state index in [1.54, 1.807) is 18.4 Å². The second-order valence-corrected chi connectivity index (χ2v) is 8.74. The molecule has 1 amide bonds. The van der Waals surface area contributed by atoms with Crippen LogP contribution < -0.4 is 19.9 Å². The number of carbonyl (C=O) groups excluding carboxylic acids is 1. The molecule has 1 aromatic carbocycles. The van der Waals surface area contributed by atoms with Crippen molar-refractivity contribution in [1.29, 1.82) is 0 Å². The van der Waals surface area contributed by atoms with Crippen molar-refractivity contribution in [3.05, 3.63) is 46.7 Å². The van der Waals surface area contributed by atoms with Gasteiger partial charge in [-0.2, -0.15) is 0 Å². The van der Waals surface area contributed by atoms with Crippen molar-refractivity contribution in [3.8, 4) is 5.75 Å². The van der Waals surface area contributed by atoms with E-state index in [9.17, 15) is 4.79 Å². The highest BCUT2D eigenvalue weighted by molar-refractivity contribution is 7.10. The molecule has 1 aromatic heterocycles. The molecule has 28 heavy (non-hydrogen) atoms. The summed E-state index contributed by atoms with van der Waals surface area (Å²) in [6, 6.07) is 12.9. The number of amides is 1. The molecule has 6 heteroatoms. The lowest BCUT2D eigenvalue weighted by molar-refractivity contribution is -0.933. The Morgan fingerprint density at radius 1 is 1.14 bits per heavy atom. The fourth-order valence-electron chi connectivity index (χ4n) is 3.98. The molecule has 0 unspecified atom stereocenters. The molecule has 152 valence electrons. The zero-order valence-electron chi connectivity index (χ0n) is 17.3. The summed E-state index contributed by atoms with van der Waals surface area (Å²) in [5.74, 6) is 1.06. The van der Waals surface area contributed by atoms with Crippen molar-refractivity contribution < 1.29 is 14.4 Å². The Morgan fingerprint density at radius 2 is 1.86 bits per heavy atom. The maximum absolute atomic E-state index is 12.3. The van der Waals surface area contributed by atoms with Crippen LogP contribution in [0.5, 0.6) is 5.75 Å². The van der Waals surface area contributed by atoms with E-state index >= 15 is 0 Å². The highest BCUT2D eigenvalue weighted by Gasteiger charge is 2.35. The van der Waals surface area contributed by atoms with Gasteiger partial charge < -0.3 is 19.9 Å². The van der Waals surface area contributed by atoms with Gasteiger partial charge in [0, 0.05) is 5.92 Å². The quantitative estimate of drug-likeness (QED) is 0.747. The van der Waals surface area contributed by atoms with Gasteiger partial charge in [-0.25, -0.2) is 0 Å². The third-order valence-electron chi connectivity index (χ3n) is 5.52. The van der Waals surface area contributed by atoms with Gasteiger partial charge in [0.05, 0.1) is 49.9 Å². The predicted molar refractivity (Wildman–Crippen MR) is 115 cm³/mol. The first-order valence-electron chi connectivity index (χ1n) is 10.1. The van der Waals surface area contributed by atoms with Crippen LogP contribution in [-0.2, 0) is 4.79 Å². The van der Waals surface area contributed by atoms with Crippen molar-refractivity contribution in [3.63, 3.8) is 0 Å². The number of piperazine rings is 1. The van der Waals surface area contributed by atoms with Crippen LogP contribution in [0.1, 0.15) is 31.7 Å². The highest BCUT2D eigenvalue weighted by Crippen LogP contribution is 2.28. The van der Waals surface area contributed by atoms with E-state index in [1.807, 2.05) is 26.0 Å². The van der Waals surface area contributed by atoms with Crippen molar-refractivity contribution >= 4 is 22.9 Å². The molecule has 0 bridgehead atoms. The predicted octanol–water partition coefficient (Wildman–Crippen LogP) is 2.36. The smallest absolute Gasteiger partial charge is 0.222 e. The normalized spacial score (nSPS) is 17.4. The summed E-state index contributed by atoms with van der Waals surface area (Å²) in [5.41, 5.74) is 1.16. The molecular formula is C22H32N3O2S+. The maximum Gasteiger partial charge on any atom is 0.222 e. The van der Waals surface area contributed by atoms with E-state index in [0.29, 0.717) is 0 Å². The summed E-state index contributed by atoms with van der Waals surface area (Å²) in [6.45, 7) is 10.0. The number of nitrogens with one attached hydrogen (secondary N) is 2. The lowest BCUT2D eigenvalue weighted by atomic mass is 10.0. The van der Waals surface area contributed by atoms with Crippen LogP contribution in [-0.4, -0.2) is 45.2 Å². The number of nitrogens with zero attached hydrogens (tertiary/aromatic N) is 1. The number of methoxy groups -OCH3 is 1. The standard InChI is InChI=1S/C22H31N3O2S/c1-16(2)22(26)23-17(3)21(20-10-7-15-28-20)25-13-11-24(12-14-25)18-8-5-6-9-19(18)27-4/h5-10,15-17,21H,11-14H2,1-4H3,(H,23,26)/p+1/t17-,21-/m1/s1. The molecule has 0 spiro atoms. The van der Waals surface area contributed by atoms with Gasteiger partial charge in [-0.05, 0) is 30.5 Å². The average Bonchev–Trinajstić information content (AvgIpc) is 3.22. The number of hydrogen-bond acceptors (Lipinski definition) is 4. The first-order valence-corrected chi connectivity index (χ1v) is 11.0. The molecule has 1 fully saturated rings. The van der Waals surface area contributed by atoms with Gasteiger partial charge in [0.1, 0.15) is 11.8 Å². The Bertz CT molecular complexity index is 755. The minimum Gasteiger partial charge on any atom is -0.495 e. The molecule has 1 aliphatic rings. The van der Waals surface area contributed by atoms with Gasteiger partial charge in [0.25, 0.3) is 0 Å². The van der Waals surface area contributed by atoms with E-state index in [4.69, 9.17) is 4.74 Å². The van der Waals surface area contributed by atoms with E-state index in [-0.39, 0.29) is 23.9 Å². The van der Waals surface area contributed by atoms with Gasteiger partial charge in [0.2, 0.25) is 5.91 Å². The highest BCUT2D eigenvalue weighted by atomic mass is 32.1. The van der Waals surface area contributed by atoms with Crippen LogP contribution in [0.3, 0.4) is 0 Å². The Kier molecular flexibility index (Phi) is 6.97. The van der Waals surface area contributed by atoms with E-state index < -0.39 is 0 Å². The number of anilines is 1. The van der Waals surface area contributed by atoms with Crippen LogP contribution in [0, 0.1) is 5.92 Å². The first kappa shape index (κ1) is 20.7. The summed E-state index contributed by atoms with van der Waals surface area (Å²) < 4.78 is 5.54. The van der Waals surface area contributed by atoms with Crippen molar-refractivity contribution in [2.45, 2.75) is 32.9 Å². The molecule has 0 saturated carbocycles. The molecule has 2 aromatic rings. The van der Waals surface area contributed by atoms with Gasteiger partial charge in [0.15, 0.2) is 0 Å². The number of thiophene rings is 1. The number of quaternary nitrogens is 1. The van der Waals surface area contributed by atoms with Gasteiger partial charge in [-0.1, -0.05) is 32.0 Å². The number of benzene rings is 1. The minimum atomic E-state index is 0.00354. The van der Waals surface area contributed by atoms with Crippen LogP contribution >= 0.6 is 11.3 Å². The van der Waals surface area contributed by atoms with Crippen LogP contribution in [0.25, 0.3) is 0 Å². The molecule has 2 N–H and O–H groups in total. The van der Waals surface area contributed by atoms with Crippen molar-refractivity contribution in [2.24, 2.45) is 5.92 Å². The molecule has 1 aliphatic heterocycles. The van der Waals surface area contributed by atoms with Gasteiger partial charge in [-0.15, -0.1) is 11.3 Å². The molecule has 2 heterocycles. The topological polar surface area (TPSA) is 46.0 Å². The zero-order valence-corrected chi connectivity index (χ0v) is 18.1. The number of para-hydroxylation sites is 2. The second-order valence-electron chi connectivity index (χ2n) is 7.76. The molecule has 2 atom stereocenters. The van der Waals surface area contributed by atoms with Crippen molar-refractivity contribution in [1.82, 2.24) is 5.32 Å². The summed E-state index contributed by atoms with van der Waals surface area (Å²) in [7, 11) is 1.73. The maximum atomic E-state index is 12.3. The second kappa shape index (κ2) is 9.43. The minimum absolute atomic E-state index is 0.00354. The fraction of sp³-hybridized carbons (Fsp3) is 0.500. The SMILES string of the molecule is COc1ccccc1N1CC[NH+]([C@@H](c2cccs2)[C@@H](C)NC(=O)C(C)C)CC1. The lowest BCUT2D eigenvalue weighted by Crippen LogP contribution is -3.16. The molecule has 0 aliphatic carbocycles. The Labute approximate surface area is 172 Å². The largest absolute Gasteiger partial charge is 0.495 e. The van der Waals surface area contributed by atoms with E-state index in [0.717, 1.165) is 37.6 Å². The molecule has 5 nitrogen and oxygen atoms in total. The Morgan fingerprint density at radius 3 is 2.46 bits per heavy atom. The number of hydrogen-bond donors (Lipinski definition) is 2. The molecule has 0 radical (unpaired) electrons. The van der Waals surface area contributed by atoms with E-state index in [1.165, 1.54) is 9.78 Å². The third kappa shape index (κ3) is 4.67. The Balaban J connectivity index is 1.72. The molecular weight excluding hydrogens is 370 g/mol. The summed E-state index contributed by atoms with van der Waals surface area (Å²) in [5, 5.41) is 5.37. The average molecular weight is 403 g/mol. The summed E-state index contributed by atoms with van der Waals surface area (Å²) >= 11 is 1.79. The summed E-state index contributed by atoms with van der Waals surface area (Å²) in [6.07, 6.45) is 0. The van der Waals surface area contributed by atoms with Crippen molar-refractivity contribution in [2.75, 3.05) is 38.2 Å². The van der Waals surface area contributed by atoms with Crippen LogP contribution in [0.2, 0.25) is 0 Å². The first-order chi connectivity index (χ1) is 13.5.